The van der Waals surface area contributed by atoms with E-state index in [1.807, 2.05) is 6.07 Å². The van der Waals surface area contributed by atoms with Crippen LogP contribution in [0.5, 0.6) is 0 Å². The molecule has 90 valence electrons. The van der Waals surface area contributed by atoms with E-state index < -0.39 is 0 Å². The molecule has 0 aliphatic carbocycles. The van der Waals surface area contributed by atoms with Gasteiger partial charge in [0, 0.05) is 19.0 Å². The lowest BCUT2D eigenvalue weighted by Gasteiger charge is -2.23. The van der Waals surface area contributed by atoms with Crippen LogP contribution in [0.4, 0.5) is 4.39 Å². The van der Waals surface area contributed by atoms with E-state index in [2.05, 4.69) is 19.2 Å². The van der Waals surface area contributed by atoms with Crippen LogP contribution in [0.1, 0.15) is 25.8 Å². The summed E-state index contributed by atoms with van der Waals surface area (Å²) in [6, 6.07) is 6.67. The summed E-state index contributed by atoms with van der Waals surface area (Å²) in [7, 11) is 0. The summed E-state index contributed by atoms with van der Waals surface area (Å²) in [4.78, 5) is 0. The Bertz CT molecular complexity index is 325. The molecular formula is C13H19ClFN. The molecule has 0 aliphatic heterocycles. The Morgan fingerprint density at radius 1 is 1.38 bits per heavy atom. The zero-order valence-electron chi connectivity index (χ0n) is 9.89. The minimum absolute atomic E-state index is 0.181. The summed E-state index contributed by atoms with van der Waals surface area (Å²) >= 11 is 5.73. The van der Waals surface area contributed by atoms with Crippen molar-refractivity contribution >= 4 is 11.6 Å². The van der Waals surface area contributed by atoms with Crippen LogP contribution in [-0.2, 0) is 6.54 Å². The molecule has 1 nitrogen and oxygen atoms in total. The molecule has 0 amide bonds. The van der Waals surface area contributed by atoms with Gasteiger partial charge in [-0.2, -0.15) is 0 Å². The molecule has 0 atom stereocenters. The highest BCUT2D eigenvalue weighted by molar-refractivity contribution is 6.17. The number of hydrogen-bond acceptors (Lipinski definition) is 1. The van der Waals surface area contributed by atoms with E-state index in [4.69, 9.17) is 11.6 Å². The molecule has 0 aromatic heterocycles. The quantitative estimate of drug-likeness (QED) is 0.754. The topological polar surface area (TPSA) is 12.0 Å². The van der Waals surface area contributed by atoms with Crippen molar-refractivity contribution in [2.75, 3.05) is 12.4 Å². The monoisotopic (exact) mass is 243 g/mol. The van der Waals surface area contributed by atoms with Gasteiger partial charge in [-0.15, -0.1) is 11.6 Å². The van der Waals surface area contributed by atoms with Gasteiger partial charge >= 0.3 is 0 Å². The van der Waals surface area contributed by atoms with E-state index in [1.54, 1.807) is 12.1 Å². The maximum atomic E-state index is 12.9. The molecule has 16 heavy (non-hydrogen) atoms. The lowest BCUT2D eigenvalue weighted by Crippen LogP contribution is -2.29. The van der Waals surface area contributed by atoms with Crippen molar-refractivity contribution in [2.45, 2.75) is 26.8 Å². The first-order valence-electron chi connectivity index (χ1n) is 5.55. The predicted octanol–water partition coefficient (Wildman–Crippen LogP) is 3.57. The van der Waals surface area contributed by atoms with E-state index in [0.717, 1.165) is 18.5 Å². The van der Waals surface area contributed by atoms with Gasteiger partial charge in [-0.1, -0.05) is 26.0 Å². The van der Waals surface area contributed by atoms with Gasteiger partial charge in [-0.25, -0.2) is 4.39 Å². The molecule has 0 radical (unpaired) electrons. The lowest BCUT2D eigenvalue weighted by molar-refractivity contribution is 0.329. The summed E-state index contributed by atoms with van der Waals surface area (Å²) < 4.78 is 12.9. The molecule has 1 aromatic carbocycles. The summed E-state index contributed by atoms with van der Waals surface area (Å²) in [5.74, 6) is 0.494. The second-order valence-electron chi connectivity index (χ2n) is 4.84. The van der Waals surface area contributed by atoms with Crippen LogP contribution in [0.15, 0.2) is 24.3 Å². The van der Waals surface area contributed by atoms with Crippen molar-refractivity contribution in [3.8, 4) is 0 Å². The zero-order chi connectivity index (χ0) is 12.0. The number of benzene rings is 1. The highest BCUT2D eigenvalue weighted by Gasteiger charge is 2.15. The standard InChI is InChI=1S/C13H19ClFN/c1-13(2,6-7-14)10-16-9-11-4-3-5-12(15)8-11/h3-5,8,16H,6-7,9-10H2,1-2H3. The van der Waals surface area contributed by atoms with Crippen LogP contribution in [0.2, 0.25) is 0 Å². The second kappa shape index (κ2) is 6.21. The Balaban J connectivity index is 2.35. The molecule has 0 saturated carbocycles. The number of alkyl halides is 1. The number of rotatable bonds is 6. The molecule has 0 unspecified atom stereocenters. The second-order valence-corrected chi connectivity index (χ2v) is 5.21. The van der Waals surface area contributed by atoms with Crippen molar-refractivity contribution in [3.63, 3.8) is 0 Å². The molecule has 0 spiro atoms. The largest absolute Gasteiger partial charge is 0.312 e. The van der Waals surface area contributed by atoms with Gasteiger partial charge in [0.2, 0.25) is 0 Å². The molecule has 0 fully saturated rings. The van der Waals surface area contributed by atoms with Crippen LogP contribution in [0.25, 0.3) is 0 Å². The van der Waals surface area contributed by atoms with Gasteiger partial charge in [0.1, 0.15) is 5.82 Å². The molecule has 3 heteroatoms. The minimum atomic E-state index is -0.181. The third-order valence-electron chi connectivity index (χ3n) is 2.59. The molecule has 0 saturated heterocycles. The molecular weight excluding hydrogens is 225 g/mol. The Kier molecular flexibility index (Phi) is 5.23. The van der Waals surface area contributed by atoms with Gasteiger partial charge in [0.15, 0.2) is 0 Å². The maximum absolute atomic E-state index is 12.9. The van der Waals surface area contributed by atoms with E-state index in [1.165, 1.54) is 6.07 Å². The van der Waals surface area contributed by atoms with Gasteiger partial charge in [-0.3, -0.25) is 0 Å². The number of hydrogen-bond donors (Lipinski definition) is 1. The number of halogens is 2. The summed E-state index contributed by atoms with van der Waals surface area (Å²) in [6.07, 6.45) is 0.977. The smallest absolute Gasteiger partial charge is 0.123 e. The first-order valence-corrected chi connectivity index (χ1v) is 6.08. The van der Waals surface area contributed by atoms with Crippen molar-refractivity contribution in [1.29, 1.82) is 0 Å². The van der Waals surface area contributed by atoms with Crippen molar-refractivity contribution in [3.05, 3.63) is 35.6 Å². The minimum Gasteiger partial charge on any atom is -0.312 e. The fourth-order valence-electron chi connectivity index (χ4n) is 1.54. The van der Waals surface area contributed by atoms with E-state index in [9.17, 15) is 4.39 Å². The maximum Gasteiger partial charge on any atom is 0.123 e. The molecule has 0 heterocycles. The van der Waals surface area contributed by atoms with Crippen LogP contribution < -0.4 is 5.32 Å². The fraction of sp³-hybridized carbons (Fsp3) is 0.538. The molecule has 1 N–H and O–H groups in total. The highest BCUT2D eigenvalue weighted by atomic mass is 35.5. The Hall–Kier alpha value is -0.600. The van der Waals surface area contributed by atoms with Gasteiger partial charge in [0.25, 0.3) is 0 Å². The summed E-state index contributed by atoms with van der Waals surface area (Å²) in [5.41, 5.74) is 1.16. The predicted molar refractivity (Wildman–Crippen MR) is 67.2 cm³/mol. The Morgan fingerprint density at radius 3 is 2.75 bits per heavy atom. The van der Waals surface area contributed by atoms with Gasteiger partial charge in [0.05, 0.1) is 0 Å². The van der Waals surface area contributed by atoms with E-state index in [0.29, 0.717) is 12.4 Å². The average Bonchev–Trinajstić information content (AvgIpc) is 2.17. The summed E-state index contributed by atoms with van der Waals surface area (Å²) in [5, 5.41) is 3.33. The third kappa shape index (κ3) is 4.95. The Morgan fingerprint density at radius 2 is 2.12 bits per heavy atom. The lowest BCUT2D eigenvalue weighted by atomic mass is 9.90. The normalized spacial score (nSPS) is 11.8. The van der Waals surface area contributed by atoms with Crippen LogP contribution in [0, 0.1) is 11.2 Å². The number of nitrogens with one attached hydrogen (secondary N) is 1. The molecule has 1 aromatic rings. The molecule has 0 bridgehead atoms. The van der Waals surface area contributed by atoms with Crippen molar-refractivity contribution in [2.24, 2.45) is 5.41 Å². The highest BCUT2D eigenvalue weighted by Crippen LogP contribution is 2.19. The molecule has 1 rings (SSSR count). The van der Waals surface area contributed by atoms with Crippen LogP contribution in [-0.4, -0.2) is 12.4 Å². The Labute approximate surface area is 102 Å². The molecule has 0 aliphatic rings. The van der Waals surface area contributed by atoms with Crippen molar-refractivity contribution < 1.29 is 4.39 Å². The average molecular weight is 244 g/mol. The van der Waals surface area contributed by atoms with E-state index in [-0.39, 0.29) is 11.2 Å². The van der Waals surface area contributed by atoms with E-state index >= 15 is 0 Å². The van der Waals surface area contributed by atoms with Gasteiger partial charge in [-0.05, 0) is 29.5 Å². The third-order valence-corrected chi connectivity index (χ3v) is 2.78. The zero-order valence-corrected chi connectivity index (χ0v) is 10.6. The fourth-order valence-corrected chi connectivity index (χ4v) is 2.05. The summed E-state index contributed by atoms with van der Waals surface area (Å²) in [6.45, 7) is 5.93. The van der Waals surface area contributed by atoms with Crippen molar-refractivity contribution in [1.82, 2.24) is 5.32 Å². The van der Waals surface area contributed by atoms with Crippen LogP contribution in [0.3, 0.4) is 0 Å². The van der Waals surface area contributed by atoms with Crippen LogP contribution >= 0.6 is 11.6 Å². The first kappa shape index (κ1) is 13.5. The first-order chi connectivity index (χ1) is 7.53. The van der Waals surface area contributed by atoms with Gasteiger partial charge < -0.3 is 5.32 Å². The SMILES string of the molecule is CC(C)(CCCl)CNCc1cccc(F)c1.